The molecule has 0 radical (unpaired) electrons. The zero-order valence-corrected chi connectivity index (χ0v) is 8.36. The third-order valence-electron chi connectivity index (χ3n) is 0.149. The zero-order chi connectivity index (χ0) is 4.99. The van der Waals surface area contributed by atoms with Crippen LogP contribution in [0.4, 0.5) is 4.79 Å². The van der Waals surface area contributed by atoms with Gasteiger partial charge in [-0.15, -0.1) is 0 Å². The quantitative estimate of drug-likeness (QED) is 0.621. The van der Waals surface area contributed by atoms with Crippen LogP contribution in [0.2, 0.25) is 0 Å². The summed E-state index contributed by atoms with van der Waals surface area (Å²) in [6.45, 7) is 0. The van der Waals surface area contributed by atoms with E-state index < -0.39 is 6.16 Å². The zero-order valence-electron chi connectivity index (χ0n) is 2.62. The van der Waals surface area contributed by atoms with Crippen molar-refractivity contribution in [2.75, 3.05) is 0 Å². The number of carbonyl (C=O) groups excluding carboxylic acids is 1. The molecule has 0 rings (SSSR count). The fourth-order valence-corrected chi connectivity index (χ4v) is 0.917. The third kappa shape index (κ3) is 4.11. The van der Waals surface area contributed by atoms with Gasteiger partial charge in [0.25, 0.3) is 0 Å². The first-order valence-corrected chi connectivity index (χ1v) is 3.32. The average molecular weight is 350 g/mol. The van der Waals surface area contributed by atoms with Crippen LogP contribution in [0.5, 0.6) is 0 Å². The molecule has 0 fully saturated rings. The Bertz CT molecular complexity index is 46.8. The summed E-state index contributed by atoms with van der Waals surface area (Å²) in [6, 6.07) is 0. The van der Waals surface area contributed by atoms with E-state index in [-0.39, 0.29) is 0 Å². The van der Waals surface area contributed by atoms with Crippen molar-refractivity contribution in [1.29, 1.82) is 0 Å². The Morgan fingerprint density at radius 2 is 1.67 bits per heavy atom. The molecule has 3 nitrogen and oxygen atoms in total. The van der Waals surface area contributed by atoms with Crippen molar-refractivity contribution in [2.45, 2.75) is 0 Å². The molecule has 0 aliphatic heterocycles. The summed E-state index contributed by atoms with van der Waals surface area (Å²) in [5.41, 5.74) is 0. The molecule has 0 spiro atoms. The maximum absolute atomic E-state index is 9.79. The second-order valence-corrected chi connectivity index (χ2v) is 1.60. The number of hydrogen-bond donors (Lipinski definition) is 0. The Morgan fingerprint density at radius 3 is 1.67 bits per heavy atom. The molecule has 0 aliphatic carbocycles. The molecule has 0 amide bonds. The number of carbonyl (C=O) groups is 1. The van der Waals surface area contributed by atoms with E-state index in [4.69, 9.17) is 0 Å². The molecular formula is CO3Pm2. The predicted molar refractivity (Wildman–Crippen MR) is 7.57 cm³/mol. The summed E-state index contributed by atoms with van der Waals surface area (Å²) < 4.78 is 8.35. The third-order valence-corrected chi connectivity index (χ3v) is 1.11. The standard InChI is InChI=1S/CH2O3.2Pm/c2-1(3)4;;/h(H2,2,3,4);;/q;2*+1/p-2. The summed E-state index contributed by atoms with van der Waals surface area (Å²) in [6.07, 6.45) is -0.559. The topological polar surface area (TPSA) is 35.5 Å². The van der Waals surface area contributed by atoms with Gasteiger partial charge in [0.2, 0.25) is 0 Å². The Balaban J connectivity index is 2.99. The second kappa shape index (κ2) is 5.09. The average Bonchev–Trinajstić information content (AvgIpc) is 1.65. The van der Waals surface area contributed by atoms with Gasteiger partial charge in [0.05, 0.1) is 0 Å². The van der Waals surface area contributed by atoms with Crippen LogP contribution >= 0.6 is 0 Å². The van der Waals surface area contributed by atoms with Gasteiger partial charge in [-0.1, -0.05) is 0 Å². The van der Waals surface area contributed by atoms with Crippen LogP contribution in [-0.4, -0.2) is 6.16 Å². The van der Waals surface area contributed by atoms with Gasteiger partial charge in [0, 0.05) is 0 Å². The first-order chi connectivity index (χ1) is 2.81. The van der Waals surface area contributed by atoms with E-state index in [0.29, 0.717) is 77.9 Å². The van der Waals surface area contributed by atoms with Crippen molar-refractivity contribution in [3.63, 3.8) is 0 Å². The van der Waals surface area contributed by atoms with E-state index in [1.807, 2.05) is 0 Å². The van der Waals surface area contributed by atoms with Crippen molar-refractivity contribution in [1.82, 2.24) is 0 Å². The Labute approximate surface area is 88.8 Å². The fraction of sp³-hybridized carbons (Fsp3) is 0. The van der Waals surface area contributed by atoms with E-state index in [9.17, 15) is 4.79 Å². The molecule has 0 bridgehead atoms. The molecule has 0 saturated carbocycles. The van der Waals surface area contributed by atoms with Gasteiger partial charge >= 0.3 is 91.0 Å². The first-order valence-electron chi connectivity index (χ1n) is 0.978. The van der Waals surface area contributed by atoms with Gasteiger partial charge in [-0.2, -0.15) is 0 Å². The molecule has 0 atom stereocenters. The number of hydrogen-bond acceptors (Lipinski definition) is 3. The Hall–Kier alpha value is 1.95. The molecule has 0 saturated heterocycles. The van der Waals surface area contributed by atoms with E-state index in [2.05, 4.69) is 2.24 Å². The molecule has 5 heteroatoms. The van der Waals surface area contributed by atoms with E-state index in [0.717, 1.165) is 0 Å². The van der Waals surface area contributed by atoms with Crippen LogP contribution in [0.1, 0.15) is 0 Å². The van der Waals surface area contributed by atoms with Crippen LogP contribution in [0, 0.1) is 77.9 Å². The van der Waals surface area contributed by atoms with Crippen LogP contribution in [0.25, 0.3) is 0 Å². The molecule has 0 aliphatic rings. The molecule has 0 aromatic carbocycles. The maximum atomic E-state index is 9.79. The van der Waals surface area contributed by atoms with Gasteiger partial charge in [-0.25, -0.2) is 0 Å². The van der Waals surface area contributed by atoms with Crippen molar-refractivity contribution in [2.24, 2.45) is 0 Å². The first kappa shape index (κ1) is 7.95. The molecular weight excluding hydrogens is 350 g/mol. The monoisotopic (exact) mass is 350 g/mol. The minimum absolute atomic E-state index is 0.559. The molecule has 6 heavy (non-hydrogen) atoms. The second-order valence-electron chi connectivity index (χ2n) is 0.433. The van der Waals surface area contributed by atoms with E-state index >= 15 is 0 Å². The van der Waals surface area contributed by atoms with Crippen molar-refractivity contribution in [3.8, 4) is 0 Å². The molecule has 32 valence electrons. The van der Waals surface area contributed by atoms with Gasteiger partial charge in [-0.05, 0) is 0 Å². The summed E-state index contributed by atoms with van der Waals surface area (Å²) in [5.74, 6) is 0. The van der Waals surface area contributed by atoms with Crippen LogP contribution < -0.4 is 0 Å². The molecule has 0 aromatic rings. The summed E-state index contributed by atoms with van der Waals surface area (Å²) in [4.78, 5) is 9.79. The van der Waals surface area contributed by atoms with Gasteiger partial charge in [-0.3, -0.25) is 0 Å². The van der Waals surface area contributed by atoms with Crippen LogP contribution in [-0.2, 0) is 2.24 Å². The molecule has 0 unspecified atom stereocenters. The SMILES string of the molecule is O=C([O][Pm])[O][Pm]. The van der Waals surface area contributed by atoms with E-state index in [1.54, 1.807) is 0 Å². The molecule has 0 heterocycles. The summed E-state index contributed by atoms with van der Waals surface area (Å²) >= 11 is 1.19. The normalized spacial score (nSPS) is 6.67. The molecule has 0 aromatic heterocycles. The van der Waals surface area contributed by atoms with Gasteiger partial charge in [0.1, 0.15) is 0 Å². The van der Waals surface area contributed by atoms with Gasteiger partial charge in [0.15, 0.2) is 0 Å². The fourth-order valence-electron chi connectivity index (χ4n) is 0.0167. The Morgan fingerprint density at radius 1 is 1.33 bits per heavy atom. The van der Waals surface area contributed by atoms with Crippen molar-refractivity contribution >= 4 is 6.16 Å². The molecule has 0 N–H and O–H groups in total. The van der Waals surface area contributed by atoms with Gasteiger partial charge < -0.3 is 0 Å². The summed E-state index contributed by atoms with van der Waals surface area (Å²) in [7, 11) is 0. The van der Waals surface area contributed by atoms with Crippen LogP contribution in [0.3, 0.4) is 0 Å². The number of rotatable bonds is 0. The van der Waals surface area contributed by atoms with Crippen molar-refractivity contribution < 1.29 is 84.9 Å². The predicted octanol–water partition coefficient (Wildman–Crippen LogP) is 0.0682. The van der Waals surface area contributed by atoms with E-state index in [1.165, 1.54) is 0 Å². The minimum atomic E-state index is -0.559. The van der Waals surface area contributed by atoms with Crippen LogP contribution in [0.15, 0.2) is 0 Å². The summed E-state index contributed by atoms with van der Waals surface area (Å²) in [5, 5.41) is 0. The Kier molecular flexibility index (Phi) is 6.74. The van der Waals surface area contributed by atoms with Crippen molar-refractivity contribution in [3.05, 3.63) is 0 Å².